The van der Waals surface area contributed by atoms with E-state index < -0.39 is 0 Å². The number of benzene rings is 1. The molecule has 3 heterocycles. The van der Waals surface area contributed by atoms with E-state index in [0.29, 0.717) is 17.9 Å². The molecule has 7 nitrogen and oxygen atoms in total. The summed E-state index contributed by atoms with van der Waals surface area (Å²) < 4.78 is 16.3. The van der Waals surface area contributed by atoms with Crippen LogP contribution in [0.1, 0.15) is 12.8 Å². The third-order valence-corrected chi connectivity index (χ3v) is 4.34. The number of fused-ring (bicyclic) bond motifs is 1. The molecule has 1 aliphatic heterocycles. The number of halogens is 1. The van der Waals surface area contributed by atoms with Crippen molar-refractivity contribution < 1.29 is 4.39 Å². The zero-order valence-electron chi connectivity index (χ0n) is 13.1. The molecule has 3 aromatic rings. The van der Waals surface area contributed by atoms with Gasteiger partial charge in [0.15, 0.2) is 11.2 Å². The SMILES string of the molecule is O=c1c2nnn(-c3cccc(F)c3)c2ncn1CCN1CCCC1. The van der Waals surface area contributed by atoms with Crippen molar-refractivity contribution in [2.45, 2.75) is 19.4 Å². The summed E-state index contributed by atoms with van der Waals surface area (Å²) in [5.41, 5.74) is 0.798. The summed E-state index contributed by atoms with van der Waals surface area (Å²) in [6.45, 7) is 3.57. The van der Waals surface area contributed by atoms with Gasteiger partial charge in [-0.2, -0.15) is 4.68 Å². The fourth-order valence-corrected chi connectivity index (χ4v) is 3.04. The van der Waals surface area contributed by atoms with E-state index in [-0.39, 0.29) is 16.9 Å². The molecule has 0 spiro atoms. The number of rotatable bonds is 4. The molecule has 24 heavy (non-hydrogen) atoms. The predicted octanol–water partition coefficient (Wildman–Crippen LogP) is 1.21. The van der Waals surface area contributed by atoms with Crippen LogP contribution in [-0.2, 0) is 6.54 Å². The van der Waals surface area contributed by atoms with Gasteiger partial charge in [0.25, 0.3) is 5.56 Å². The molecular weight excluding hydrogens is 311 g/mol. The quantitative estimate of drug-likeness (QED) is 0.720. The number of nitrogens with zero attached hydrogens (tertiary/aromatic N) is 6. The van der Waals surface area contributed by atoms with Crippen LogP contribution in [0.2, 0.25) is 0 Å². The summed E-state index contributed by atoms with van der Waals surface area (Å²) in [7, 11) is 0. The van der Waals surface area contributed by atoms with Crippen molar-refractivity contribution in [2.75, 3.05) is 19.6 Å². The second-order valence-corrected chi connectivity index (χ2v) is 5.95. The van der Waals surface area contributed by atoms with E-state index in [0.717, 1.165) is 19.6 Å². The Labute approximate surface area is 137 Å². The molecular formula is C16H17FN6O. The average Bonchev–Trinajstić information content (AvgIpc) is 3.24. The number of hydrogen-bond acceptors (Lipinski definition) is 5. The maximum atomic E-state index is 13.4. The van der Waals surface area contributed by atoms with Gasteiger partial charge < -0.3 is 4.90 Å². The molecule has 8 heteroatoms. The normalized spacial score (nSPS) is 15.4. The first-order valence-electron chi connectivity index (χ1n) is 8.01. The lowest BCUT2D eigenvalue weighted by atomic mass is 10.3. The fraction of sp³-hybridized carbons (Fsp3) is 0.375. The number of hydrogen-bond donors (Lipinski definition) is 0. The van der Waals surface area contributed by atoms with Crippen molar-refractivity contribution in [3.05, 3.63) is 46.8 Å². The Kier molecular flexibility index (Phi) is 3.81. The van der Waals surface area contributed by atoms with Crippen LogP contribution in [0.5, 0.6) is 0 Å². The lowest BCUT2D eigenvalue weighted by molar-refractivity contribution is 0.320. The van der Waals surface area contributed by atoms with Crippen molar-refractivity contribution in [1.29, 1.82) is 0 Å². The molecule has 1 aliphatic rings. The first-order valence-corrected chi connectivity index (χ1v) is 8.01. The Morgan fingerprint density at radius 3 is 2.79 bits per heavy atom. The molecule has 1 saturated heterocycles. The molecule has 0 unspecified atom stereocenters. The van der Waals surface area contributed by atoms with Crippen molar-refractivity contribution >= 4 is 11.2 Å². The van der Waals surface area contributed by atoms with Crippen molar-refractivity contribution in [2.24, 2.45) is 0 Å². The Morgan fingerprint density at radius 1 is 1.17 bits per heavy atom. The van der Waals surface area contributed by atoms with Gasteiger partial charge >= 0.3 is 0 Å². The van der Waals surface area contributed by atoms with Gasteiger partial charge in [0.2, 0.25) is 0 Å². The second kappa shape index (κ2) is 6.12. The third kappa shape index (κ3) is 2.69. The molecule has 0 bridgehead atoms. The Morgan fingerprint density at radius 2 is 2.00 bits per heavy atom. The lowest BCUT2D eigenvalue weighted by Gasteiger charge is -2.14. The maximum Gasteiger partial charge on any atom is 0.283 e. The minimum Gasteiger partial charge on any atom is -0.302 e. The molecule has 2 aromatic heterocycles. The van der Waals surface area contributed by atoms with E-state index in [9.17, 15) is 9.18 Å². The predicted molar refractivity (Wildman–Crippen MR) is 86.6 cm³/mol. The highest BCUT2D eigenvalue weighted by Crippen LogP contribution is 2.13. The highest BCUT2D eigenvalue weighted by molar-refractivity contribution is 5.70. The molecule has 0 amide bonds. The van der Waals surface area contributed by atoms with Crippen LogP contribution >= 0.6 is 0 Å². The minimum absolute atomic E-state index is 0.197. The van der Waals surface area contributed by atoms with Gasteiger partial charge in [-0.05, 0) is 44.1 Å². The zero-order valence-corrected chi connectivity index (χ0v) is 13.1. The van der Waals surface area contributed by atoms with Crippen LogP contribution in [0.15, 0.2) is 35.4 Å². The van der Waals surface area contributed by atoms with Gasteiger partial charge in [-0.3, -0.25) is 9.36 Å². The molecule has 0 N–H and O–H groups in total. The second-order valence-electron chi connectivity index (χ2n) is 5.95. The van der Waals surface area contributed by atoms with E-state index in [1.54, 1.807) is 16.7 Å². The average molecular weight is 328 g/mol. The highest BCUT2D eigenvalue weighted by Gasteiger charge is 2.15. The van der Waals surface area contributed by atoms with Crippen LogP contribution in [0.25, 0.3) is 16.9 Å². The first-order chi connectivity index (χ1) is 11.7. The van der Waals surface area contributed by atoms with Gasteiger partial charge in [-0.1, -0.05) is 11.3 Å². The van der Waals surface area contributed by atoms with E-state index >= 15 is 0 Å². The summed E-state index contributed by atoms with van der Waals surface area (Å²) in [5, 5.41) is 7.91. The van der Waals surface area contributed by atoms with Crippen LogP contribution in [0, 0.1) is 5.82 Å². The summed E-state index contributed by atoms with van der Waals surface area (Å²) in [6, 6.07) is 5.95. The lowest BCUT2D eigenvalue weighted by Crippen LogP contribution is -2.29. The van der Waals surface area contributed by atoms with Crippen molar-refractivity contribution in [3.8, 4) is 5.69 Å². The van der Waals surface area contributed by atoms with Crippen LogP contribution < -0.4 is 5.56 Å². The van der Waals surface area contributed by atoms with Crippen LogP contribution in [0.3, 0.4) is 0 Å². The smallest absolute Gasteiger partial charge is 0.283 e. The Hall–Kier alpha value is -2.61. The van der Waals surface area contributed by atoms with Gasteiger partial charge in [-0.25, -0.2) is 9.37 Å². The van der Waals surface area contributed by atoms with E-state index in [4.69, 9.17) is 0 Å². The first kappa shape index (κ1) is 14.9. The van der Waals surface area contributed by atoms with Gasteiger partial charge in [0.1, 0.15) is 12.1 Å². The van der Waals surface area contributed by atoms with Gasteiger partial charge in [-0.15, -0.1) is 5.10 Å². The summed E-state index contributed by atoms with van der Waals surface area (Å²) >= 11 is 0. The molecule has 0 aliphatic carbocycles. The van der Waals surface area contributed by atoms with Gasteiger partial charge in [0, 0.05) is 13.1 Å². The van der Waals surface area contributed by atoms with E-state index in [1.807, 2.05) is 0 Å². The Balaban J connectivity index is 1.66. The zero-order chi connectivity index (χ0) is 16.5. The largest absolute Gasteiger partial charge is 0.302 e. The van der Waals surface area contributed by atoms with Crippen molar-refractivity contribution in [3.63, 3.8) is 0 Å². The third-order valence-electron chi connectivity index (χ3n) is 4.34. The minimum atomic E-state index is -0.380. The van der Waals surface area contributed by atoms with Crippen LogP contribution in [-0.4, -0.2) is 49.1 Å². The molecule has 4 rings (SSSR count). The molecule has 1 fully saturated rings. The number of aromatic nitrogens is 5. The van der Waals surface area contributed by atoms with Crippen LogP contribution in [0.4, 0.5) is 4.39 Å². The summed E-state index contributed by atoms with van der Waals surface area (Å²) in [6.07, 6.45) is 3.95. The van der Waals surface area contributed by atoms with Crippen molar-refractivity contribution in [1.82, 2.24) is 29.4 Å². The monoisotopic (exact) mass is 328 g/mol. The maximum absolute atomic E-state index is 13.4. The molecule has 0 saturated carbocycles. The standard InChI is InChI=1S/C16H17FN6O/c17-12-4-3-5-13(10-12)23-15-14(19-20-23)16(24)22(11-18-15)9-8-21-6-1-2-7-21/h3-5,10-11H,1-2,6-9H2. The molecule has 124 valence electrons. The molecule has 0 atom stereocenters. The molecule has 1 aromatic carbocycles. The summed E-state index contributed by atoms with van der Waals surface area (Å²) in [4.78, 5) is 19.2. The highest BCUT2D eigenvalue weighted by atomic mass is 19.1. The number of likely N-dealkylation sites (tertiary alicyclic amines) is 1. The van der Waals surface area contributed by atoms with E-state index in [1.165, 1.54) is 36.0 Å². The van der Waals surface area contributed by atoms with Gasteiger partial charge in [0.05, 0.1) is 5.69 Å². The summed E-state index contributed by atoms with van der Waals surface area (Å²) in [5.74, 6) is -0.380. The fourth-order valence-electron chi connectivity index (χ4n) is 3.04. The topological polar surface area (TPSA) is 68.8 Å². The molecule has 0 radical (unpaired) electrons. The van der Waals surface area contributed by atoms with E-state index in [2.05, 4.69) is 20.2 Å². The Bertz CT molecular complexity index is 928.